The zero-order chi connectivity index (χ0) is 38.2. The molecule has 3 heterocycles. The second-order valence-corrected chi connectivity index (χ2v) is 22.2. The third-order valence-corrected chi connectivity index (χ3v) is 18.0. The van der Waals surface area contributed by atoms with Gasteiger partial charge in [0.1, 0.15) is 0 Å². The number of aromatic hydroxyl groups is 1. The minimum absolute atomic E-state index is 0.0796. The van der Waals surface area contributed by atoms with Gasteiger partial charge in [-0.2, -0.15) is 0 Å². The normalized spacial score (nSPS) is 21.8. The number of benzene rings is 3. The van der Waals surface area contributed by atoms with Crippen molar-refractivity contribution in [1.29, 1.82) is 0 Å². The molecule has 0 radical (unpaired) electrons. The van der Waals surface area contributed by atoms with E-state index in [9.17, 15) is 14.7 Å². The molecule has 1 aromatic heterocycles. The van der Waals surface area contributed by atoms with E-state index in [0.717, 1.165) is 38.0 Å². The smallest absolute Gasteiger partial charge is 0.261 e. The molecule has 0 saturated carbocycles. The van der Waals surface area contributed by atoms with E-state index in [1.807, 2.05) is 41.8 Å². The summed E-state index contributed by atoms with van der Waals surface area (Å²) in [6.07, 6.45) is 3.93. The molecule has 1 aliphatic carbocycles. The quantitative estimate of drug-likeness (QED) is 0.0668. The van der Waals surface area contributed by atoms with E-state index in [4.69, 9.17) is 13.9 Å². The van der Waals surface area contributed by atoms with Crippen molar-refractivity contribution in [3.63, 3.8) is 0 Å². The first-order valence-corrected chi connectivity index (χ1v) is 22.5. The number of carbonyl (C=O) groups is 2. The van der Waals surface area contributed by atoms with Gasteiger partial charge in [0.2, 0.25) is 11.8 Å². The standard InChI is InChI=1S/C44H48INO6SSi/c1-28(21-29-22-36(45)41(47)38(23-29)50-5)18-19-37-39-30(24-34-40(35(39)27-51-37)43(49)46(42(34)48)25-31-13-12-20-53-31)26-52-54(44(2,3)4,32-14-8-6-9-15-32)33-16-10-7-11-17-33/h6-17,20-23,34-35,37,40,47H,18-19,24-27H2,1-5H3/b28-21+/t34-,35+,37-,40-/m1/s1. The fourth-order valence-corrected chi connectivity index (χ4v) is 14.8. The van der Waals surface area contributed by atoms with Gasteiger partial charge in [-0.15, -0.1) is 11.3 Å². The van der Waals surface area contributed by atoms with E-state index < -0.39 is 20.2 Å². The number of hydrogen-bond acceptors (Lipinski definition) is 7. The molecule has 7 nitrogen and oxygen atoms in total. The topological polar surface area (TPSA) is 85.3 Å². The molecular formula is C44H48INO6SSi. The van der Waals surface area contributed by atoms with Crippen molar-refractivity contribution in [2.45, 2.75) is 64.6 Å². The van der Waals surface area contributed by atoms with Crippen LogP contribution in [0.2, 0.25) is 5.04 Å². The Labute approximate surface area is 337 Å². The van der Waals surface area contributed by atoms with Crippen molar-refractivity contribution in [3.05, 3.63) is 121 Å². The van der Waals surface area contributed by atoms with Crippen LogP contribution in [0, 0.1) is 21.3 Å². The minimum Gasteiger partial charge on any atom is -0.504 e. The number of fused-ring (bicyclic) bond motifs is 3. The Bertz CT molecular complexity index is 2020. The number of hydrogen-bond donors (Lipinski definition) is 1. The summed E-state index contributed by atoms with van der Waals surface area (Å²) in [4.78, 5) is 30.9. The Morgan fingerprint density at radius 3 is 2.30 bits per heavy atom. The lowest BCUT2D eigenvalue weighted by molar-refractivity contribution is -0.140. The summed E-state index contributed by atoms with van der Waals surface area (Å²) >= 11 is 3.69. The molecule has 2 saturated heterocycles. The fraction of sp³-hybridized carbons (Fsp3) is 0.364. The van der Waals surface area contributed by atoms with Gasteiger partial charge in [-0.1, -0.05) is 99.2 Å². The molecule has 4 aromatic rings. The second kappa shape index (κ2) is 15.9. The molecule has 0 bridgehead atoms. The fourth-order valence-electron chi connectivity index (χ4n) is 8.89. The van der Waals surface area contributed by atoms with Gasteiger partial charge in [0, 0.05) is 10.8 Å². The van der Waals surface area contributed by atoms with Crippen molar-refractivity contribution in [2.75, 3.05) is 20.3 Å². The molecule has 2 fully saturated rings. The average molecular weight is 874 g/mol. The van der Waals surface area contributed by atoms with Crippen LogP contribution in [0.1, 0.15) is 57.4 Å². The summed E-state index contributed by atoms with van der Waals surface area (Å²) in [5.74, 6) is -0.617. The highest BCUT2D eigenvalue weighted by Crippen LogP contribution is 2.51. The van der Waals surface area contributed by atoms with Gasteiger partial charge in [-0.3, -0.25) is 14.5 Å². The number of imide groups is 1. The van der Waals surface area contributed by atoms with Gasteiger partial charge in [0.25, 0.3) is 8.32 Å². The Morgan fingerprint density at radius 2 is 1.69 bits per heavy atom. The van der Waals surface area contributed by atoms with E-state index >= 15 is 0 Å². The van der Waals surface area contributed by atoms with Crippen LogP contribution in [-0.2, 0) is 25.3 Å². The van der Waals surface area contributed by atoms with Gasteiger partial charge < -0.3 is 19.0 Å². The van der Waals surface area contributed by atoms with Crippen LogP contribution in [0.4, 0.5) is 0 Å². The Hall–Kier alpha value is -3.55. The number of amides is 2. The molecule has 54 heavy (non-hydrogen) atoms. The highest BCUT2D eigenvalue weighted by atomic mass is 127. The average Bonchev–Trinajstić information content (AvgIpc) is 3.89. The number of phenols is 1. The number of halogens is 1. The molecule has 10 heteroatoms. The van der Waals surface area contributed by atoms with Gasteiger partial charge in [0.15, 0.2) is 11.5 Å². The van der Waals surface area contributed by atoms with Gasteiger partial charge >= 0.3 is 0 Å². The summed E-state index contributed by atoms with van der Waals surface area (Å²) in [6, 6.07) is 29.0. The molecule has 282 valence electrons. The number of methoxy groups -OCH3 is 1. The summed E-state index contributed by atoms with van der Waals surface area (Å²) in [5, 5.41) is 14.5. The largest absolute Gasteiger partial charge is 0.504 e. The highest BCUT2D eigenvalue weighted by molar-refractivity contribution is 14.1. The molecule has 3 aromatic carbocycles. The number of phenolic OH excluding ortho intramolecular Hbond substituents is 1. The van der Waals surface area contributed by atoms with Crippen LogP contribution < -0.4 is 15.1 Å². The van der Waals surface area contributed by atoms with Crippen LogP contribution in [-0.4, -0.2) is 56.6 Å². The van der Waals surface area contributed by atoms with Crippen LogP contribution >= 0.6 is 33.9 Å². The maximum Gasteiger partial charge on any atom is 0.261 e. The molecule has 2 amide bonds. The first-order chi connectivity index (χ1) is 25.9. The van der Waals surface area contributed by atoms with Crippen molar-refractivity contribution in [3.8, 4) is 11.5 Å². The molecule has 1 N–H and O–H groups in total. The molecule has 0 unspecified atom stereocenters. The predicted molar refractivity (Wildman–Crippen MR) is 226 cm³/mol. The summed E-state index contributed by atoms with van der Waals surface area (Å²) in [7, 11) is -1.33. The molecular weight excluding hydrogens is 826 g/mol. The number of nitrogens with zero attached hydrogens (tertiary/aromatic N) is 1. The van der Waals surface area contributed by atoms with Crippen molar-refractivity contribution in [2.24, 2.45) is 17.8 Å². The molecule has 2 aliphatic heterocycles. The molecule has 7 rings (SSSR count). The van der Waals surface area contributed by atoms with Crippen molar-refractivity contribution < 1.29 is 28.6 Å². The number of carbonyl (C=O) groups excluding carboxylic acids is 2. The molecule has 3 aliphatic rings. The van der Waals surface area contributed by atoms with Crippen LogP contribution in [0.15, 0.2) is 107 Å². The number of likely N-dealkylation sites (tertiary alicyclic amines) is 1. The maximum absolute atomic E-state index is 14.2. The Kier molecular flexibility index (Phi) is 11.4. The van der Waals surface area contributed by atoms with Crippen LogP contribution in [0.5, 0.6) is 11.5 Å². The summed E-state index contributed by atoms with van der Waals surface area (Å²) in [5.41, 5.74) is 4.38. The summed E-state index contributed by atoms with van der Waals surface area (Å²) < 4.78 is 20.3. The monoisotopic (exact) mass is 873 g/mol. The molecule has 0 spiro atoms. The van der Waals surface area contributed by atoms with Crippen LogP contribution in [0.25, 0.3) is 6.08 Å². The number of allylic oxidation sites excluding steroid dienone is 1. The van der Waals surface area contributed by atoms with Crippen molar-refractivity contribution in [1.82, 2.24) is 4.90 Å². The van der Waals surface area contributed by atoms with Crippen molar-refractivity contribution >= 4 is 70.5 Å². The molecule has 4 atom stereocenters. The number of thiophene rings is 1. The SMILES string of the molecule is COc1cc(/C=C(\C)CC[C@H]2OC[C@H]3C2=C(CO[Si](c2ccccc2)(c2ccccc2)C(C)(C)C)C[C@H]2C(=O)N(Cc4cccs4)C(=O)[C@H]23)cc(I)c1O. The van der Waals surface area contributed by atoms with E-state index in [1.165, 1.54) is 20.8 Å². The van der Waals surface area contributed by atoms with E-state index in [2.05, 4.69) is 105 Å². The predicted octanol–water partition coefficient (Wildman–Crippen LogP) is 8.34. The Morgan fingerprint density at radius 1 is 1.00 bits per heavy atom. The second-order valence-electron chi connectivity index (χ2n) is 15.7. The maximum atomic E-state index is 14.2. The van der Waals surface area contributed by atoms with E-state index in [0.29, 0.717) is 31.9 Å². The number of ether oxygens (including phenoxy) is 2. The highest BCUT2D eigenvalue weighted by Gasteiger charge is 2.58. The number of rotatable bonds is 12. The van der Waals surface area contributed by atoms with Gasteiger partial charge in [-0.05, 0) is 104 Å². The zero-order valence-corrected chi connectivity index (χ0v) is 35.5. The third kappa shape index (κ3) is 7.27. The lowest BCUT2D eigenvalue weighted by Gasteiger charge is -2.44. The third-order valence-electron chi connectivity index (χ3n) is 11.4. The lowest BCUT2D eigenvalue weighted by Crippen LogP contribution is -2.66. The van der Waals surface area contributed by atoms with Gasteiger partial charge in [-0.25, -0.2) is 0 Å². The lowest BCUT2D eigenvalue weighted by atomic mass is 9.69. The first kappa shape index (κ1) is 38.7. The van der Waals surface area contributed by atoms with E-state index in [-0.39, 0.29) is 34.6 Å². The first-order valence-electron chi connectivity index (χ1n) is 18.6. The Balaban J connectivity index is 1.24. The van der Waals surface area contributed by atoms with Crippen LogP contribution in [0.3, 0.4) is 0 Å². The zero-order valence-electron chi connectivity index (χ0n) is 31.5. The summed E-state index contributed by atoms with van der Waals surface area (Å²) in [6.45, 7) is 10.0. The van der Waals surface area contributed by atoms with E-state index in [1.54, 1.807) is 18.4 Å². The van der Waals surface area contributed by atoms with Gasteiger partial charge in [0.05, 0.1) is 48.4 Å². The minimum atomic E-state index is -2.89.